The second kappa shape index (κ2) is 4.82. The molecule has 0 saturated carbocycles. The van der Waals surface area contributed by atoms with Gasteiger partial charge in [-0.1, -0.05) is 0 Å². The van der Waals surface area contributed by atoms with Gasteiger partial charge < -0.3 is 9.47 Å². The van der Waals surface area contributed by atoms with E-state index in [1.807, 2.05) is 0 Å². The van der Waals surface area contributed by atoms with Crippen molar-refractivity contribution in [2.24, 2.45) is 0 Å². The topological polar surface area (TPSA) is 78.7 Å². The molecule has 0 unspecified atom stereocenters. The van der Waals surface area contributed by atoms with Gasteiger partial charge in [-0.25, -0.2) is 4.79 Å². The van der Waals surface area contributed by atoms with Gasteiger partial charge in [-0.15, -0.1) is 0 Å². The minimum absolute atomic E-state index is 0.0341. The fraction of sp³-hybridized carbons (Fsp3) is 0.364. The summed E-state index contributed by atoms with van der Waals surface area (Å²) in [7, 11) is 1.27. The number of carbonyl (C=O) groups is 1. The first-order chi connectivity index (χ1) is 7.86. The zero-order valence-corrected chi connectivity index (χ0v) is 9.80. The first kappa shape index (κ1) is 13.0. The molecule has 92 valence electrons. The Morgan fingerprint density at radius 3 is 2.24 bits per heavy atom. The molecule has 0 N–H and O–H groups in total. The van der Waals surface area contributed by atoms with E-state index >= 15 is 0 Å². The number of carbonyl (C=O) groups excluding carboxylic acids is 1. The number of nitro groups is 1. The molecular weight excluding hydrogens is 226 g/mol. The SMILES string of the molecule is COC(=O)C(C)(C)Oc1ccc([N+](=O)[O-])cc1. The normalized spacial score (nSPS) is 10.8. The van der Waals surface area contributed by atoms with Crippen LogP contribution >= 0.6 is 0 Å². The molecule has 1 rings (SSSR count). The smallest absolute Gasteiger partial charge is 0.349 e. The number of non-ortho nitro benzene ring substituents is 1. The van der Waals surface area contributed by atoms with Gasteiger partial charge in [-0.3, -0.25) is 10.1 Å². The Hall–Kier alpha value is -2.11. The molecule has 0 atom stereocenters. The number of rotatable bonds is 4. The summed E-state index contributed by atoms with van der Waals surface area (Å²) in [4.78, 5) is 21.3. The van der Waals surface area contributed by atoms with E-state index in [9.17, 15) is 14.9 Å². The second-order valence-corrected chi connectivity index (χ2v) is 3.85. The van der Waals surface area contributed by atoms with Crippen LogP contribution in [0.25, 0.3) is 0 Å². The van der Waals surface area contributed by atoms with Gasteiger partial charge in [0.05, 0.1) is 12.0 Å². The molecule has 6 nitrogen and oxygen atoms in total. The van der Waals surface area contributed by atoms with Crippen molar-refractivity contribution in [2.75, 3.05) is 7.11 Å². The van der Waals surface area contributed by atoms with Crippen molar-refractivity contribution < 1.29 is 19.2 Å². The lowest BCUT2D eigenvalue weighted by Crippen LogP contribution is -2.39. The third-order valence-corrected chi connectivity index (χ3v) is 2.10. The molecule has 6 heteroatoms. The van der Waals surface area contributed by atoms with Crippen LogP contribution < -0.4 is 4.74 Å². The summed E-state index contributed by atoms with van der Waals surface area (Å²) >= 11 is 0. The Morgan fingerprint density at radius 1 is 1.29 bits per heavy atom. The van der Waals surface area contributed by atoms with Crippen LogP contribution in [0.5, 0.6) is 5.75 Å². The van der Waals surface area contributed by atoms with E-state index in [4.69, 9.17) is 4.74 Å². The number of methoxy groups -OCH3 is 1. The number of nitrogens with zero attached hydrogens (tertiary/aromatic N) is 1. The third kappa shape index (κ3) is 3.17. The molecule has 0 spiro atoms. The Labute approximate surface area is 98.3 Å². The molecule has 0 bridgehead atoms. The van der Waals surface area contributed by atoms with Crippen LogP contribution in [-0.4, -0.2) is 23.6 Å². The quantitative estimate of drug-likeness (QED) is 0.455. The fourth-order valence-corrected chi connectivity index (χ4v) is 1.22. The predicted molar refractivity (Wildman–Crippen MR) is 59.8 cm³/mol. The number of esters is 1. The van der Waals surface area contributed by atoms with E-state index in [0.29, 0.717) is 5.75 Å². The maximum Gasteiger partial charge on any atom is 0.349 e. The number of ether oxygens (including phenoxy) is 2. The third-order valence-electron chi connectivity index (χ3n) is 2.10. The molecule has 0 amide bonds. The fourth-order valence-electron chi connectivity index (χ4n) is 1.22. The Balaban J connectivity index is 2.82. The van der Waals surface area contributed by atoms with Gasteiger partial charge in [0.25, 0.3) is 5.69 Å². The first-order valence-electron chi connectivity index (χ1n) is 4.88. The summed E-state index contributed by atoms with van der Waals surface area (Å²) in [5.74, 6) is -0.151. The maximum atomic E-state index is 11.4. The van der Waals surface area contributed by atoms with Crippen molar-refractivity contribution in [1.29, 1.82) is 0 Å². The van der Waals surface area contributed by atoms with Crippen LogP contribution in [0.1, 0.15) is 13.8 Å². The maximum absolute atomic E-state index is 11.4. The van der Waals surface area contributed by atoms with E-state index < -0.39 is 16.5 Å². The highest BCUT2D eigenvalue weighted by molar-refractivity contribution is 5.78. The monoisotopic (exact) mass is 239 g/mol. The first-order valence-corrected chi connectivity index (χ1v) is 4.88. The molecule has 0 aliphatic heterocycles. The van der Waals surface area contributed by atoms with E-state index in [1.165, 1.54) is 31.4 Å². The van der Waals surface area contributed by atoms with Crippen LogP contribution in [0.15, 0.2) is 24.3 Å². The van der Waals surface area contributed by atoms with Crippen molar-refractivity contribution in [3.05, 3.63) is 34.4 Å². The van der Waals surface area contributed by atoms with Crippen molar-refractivity contribution in [3.63, 3.8) is 0 Å². The van der Waals surface area contributed by atoms with Gasteiger partial charge in [0.15, 0.2) is 5.60 Å². The Morgan fingerprint density at radius 2 is 1.82 bits per heavy atom. The highest BCUT2D eigenvalue weighted by atomic mass is 16.6. The number of hydrogen-bond acceptors (Lipinski definition) is 5. The van der Waals surface area contributed by atoms with E-state index in [-0.39, 0.29) is 5.69 Å². The lowest BCUT2D eigenvalue weighted by molar-refractivity contribution is -0.384. The van der Waals surface area contributed by atoms with Crippen LogP contribution in [0, 0.1) is 10.1 Å². The van der Waals surface area contributed by atoms with Gasteiger partial charge in [0.1, 0.15) is 5.75 Å². The molecular formula is C11H13NO5. The predicted octanol–water partition coefficient (Wildman–Crippen LogP) is 1.93. The summed E-state index contributed by atoms with van der Waals surface area (Å²) in [5, 5.41) is 10.4. The lowest BCUT2D eigenvalue weighted by Gasteiger charge is -2.23. The number of benzene rings is 1. The molecule has 0 radical (unpaired) electrons. The highest BCUT2D eigenvalue weighted by Crippen LogP contribution is 2.22. The highest BCUT2D eigenvalue weighted by Gasteiger charge is 2.31. The largest absolute Gasteiger partial charge is 0.476 e. The zero-order chi connectivity index (χ0) is 13.1. The van der Waals surface area contributed by atoms with Gasteiger partial charge in [-0.05, 0) is 26.0 Å². The Bertz CT molecular complexity index is 424. The van der Waals surface area contributed by atoms with Gasteiger partial charge in [0, 0.05) is 12.1 Å². The lowest BCUT2D eigenvalue weighted by atomic mass is 10.1. The molecule has 0 fully saturated rings. The van der Waals surface area contributed by atoms with Crippen LogP contribution in [0.2, 0.25) is 0 Å². The van der Waals surface area contributed by atoms with Gasteiger partial charge in [0.2, 0.25) is 0 Å². The minimum atomic E-state index is -1.13. The Kier molecular flexibility index (Phi) is 3.67. The minimum Gasteiger partial charge on any atom is -0.476 e. The van der Waals surface area contributed by atoms with E-state index in [2.05, 4.69) is 4.74 Å². The van der Waals surface area contributed by atoms with Crippen molar-refractivity contribution >= 4 is 11.7 Å². The summed E-state index contributed by atoms with van der Waals surface area (Å²) in [6.45, 7) is 3.11. The molecule has 0 aromatic heterocycles. The van der Waals surface area contributed by atoms with Gasteiger partial charge >= 0.3 is 5.97 Å². The average Bonchev–Trinajstić information content (AvgIpc) is 2.28. The zero-order valence-electron chi connectivity index (χ0n) is 9.80. The summed E-state index contributed by atoms with van der Waals surface area (Å²) in [5.41, 5.74) is -1.17. The standard InChI is InChI=1S/C11H13NO5/c1-11(2,10(13)16-3)17-9-6-4-8(5-7-9)12(14)15/h4-7H,1-3H3. The van der Waals surface area contributed by atoms with E-state index in [1.54, 1.807) is 13.8 Å². The van der Waals surface area contributed by atoms with Crippen molar-refractivity contribution in [1.82, 2.24) is 0 Å². The molecule has 1 aromatic rings. The molecule has 17 heavy (non-hydrogen) atoms. The van der Waals surface area contributed by atoms with Crippen LogP contribution in [-0.2, 0) is 9.53 Å². The summed E-state index contributed by atoms with van der Waals surface area (Å²) in [6.07, 6.45) is 0. The van der Waals surface area contributed by atoms with Crippen molar-refractivity contribution in [2.45, 2.75) is 19.4 Å². The van der Waals surface area contributed by atoms with Crippen LogP contribution in [0.4, 0.5) is 5.69 Å². The molecule has 1 aromatic carbocycles. The molecule has 0 aliphatic carbocycles. The second-order valence-electron chi connectivity index (χ2n) is 3.85. The van der Waals surface area contributed by atoms with Gasteiger partial charge in [-0.2, -0.15) is 0 Å². The van der Waals surface area contributed by atoms with E-state index in [0.717, 1.165) is 0 Å². The number of hydrogen-bond donors (Lipinski definition) is 0. The number of nitro benzene ring substituents is 1. The molecule has 0 heterocycles. The van der Waals surface area contributed by atoms with Crippen LogP contribution in [0.3, 0.4) is 0 Å². The van der Waals surface area contributed by atoms with Crippen molar-refractivity contribution in [3.8, 4) is 5.75 Å². The molecule has 0 aliphatic rings. The average molecular weight is 239 g/mol. The molecule has 0 saturated heterocycles. The summed E-state index contributed by atoms with van der Waals surface area (Å²) in [6, 6.07) is 5.48. The summed E-state index contributed by atoms with van der Waals surface area (Å²) < 4.78 is 9.97.